The number of nitrogen functional groups attached to an aromatic ring is 1. The Hall–Kier alpha value is -3.30. The molecular weight excluding hydrogens is 428 g/mol. The van der Waals surface area contributed by atoms with Crippen molar-refractivity contribution in [2.45, 2.75) is 5.16 Å². The first kappa shape index (κ1) is 21.4. The van der Waals surface area contributed by atoms with Gasteiger partial charge < -0.3 is 15.8 Å². The van der Waals surface area contributed by atoms with Gasteiger partial charge in [-0.3, -0.25) is 14.2 Å². The second-order valence-electron chi connectivity index (χ2n) is 6.02. The maximum Gasteiger partial charge on any atom is 0.337 e. The van der Waals surface area contributed by atoms with Gasteiger partial charge in [-0.25, -0.2) is 4.79 Å². The van der Waals surface area contributed by atoms with Crippen molar-refractivity contribution in [2.75, 3.05) is 23.9 Å². The number of nitrogens with two attached hydrogens (primary N) is 1. The van der Waals surface area contributed by atoms with Crippen LogP contribution in [0.1, 0.15) is 10.4 Å². The third kappa shape index (κ3) is 5.19. The van der Waals surface area contributed by atoms with E-state index < -0.39 is 11.5 Å². The zero-order chi connectivity index (χ0) is 21.7. The summed E-state index contributed by atoms with van der Waals surface area (Å²) >= 11 is 7.00. The lowest BCUT2D eigenvalue weighted by molar-refractivity contribution is -0.113. The number of hydrogen-bond donors (Lipinski definition) is 2. The molecule has 3 aromatic rings. The molecule has 0 aliphatic heterocycles. The number of amides is 1. The largest absolute Gasteiger partial charge is 0.465 e. The van der Waals surface area contributed by atoms with Crippen LogP contribution in [0.2, 0.25) is 5.02 Å². The summed E-state index contributed by atoms with van der Waals surface area (Å²) in [5.74, 6) is -0.595. The van der Waals surface area contributed by atoms with Crippen LogP contribution in [0.3, 0.4) is 0 Å². The topological polar surface area (TPSA) is 116 Å². The van der Waals surface area contributed by atoms with E-state index in [1.807, 2.05) is 0 Å². The van der Waals surface area contributed by atoms with Crippen molar-refractivity contribution in [3.05, 3.63) is 75.5 Å². The van der Waals surface area contributed by atoms with E-state index in [0.29, 0.717) is 22.0 Å². The monoisotopic (exact) mass is 444 g/mol. The molecule has 0 aliphatic carbocycles. The molecule has 154 valence electrons. The zero-order valence-electron chi connectivity index (χ0n) is 15.8. The number of carbonyl (C=O) groups is 2. The van der Waals surface area contributed by atoms with Gasteiger partial charge in [0.15, 0.2) is 5.16 Å². The average molecular weight is 445 g/mol. The van der Waals surface area contributed by atoms with E-state index in [1.54, 1.807) is 53.1 Å². The molecule has 0 unspecified atom stereocenters. The number of methoxy groups -OCH3 is 1. The molecule has 3 N–H and O–H groups in total. The molecule has 0 bridgehead atoms. The number of esters is 1. The number of hydrogen-bond acceptors (Lipinski definition) is 7. The number of carbonyl (C=O) groups excluding carboxylic acids is 2. The van der Waals surface area contributed by atoms with Crippen LogP contribution in [0, 0.1) is 0 Å². The lowest BCUT2D eigenvalue weighted by Crippen LogP contribution is -2.19. The van der Waals surface area contributed by atoms with Crippen LogP contribution in [0.4, 0.5) is 11.5 Å². The molecule has 0 atom stereocenters. The van der Waals surface area contributed by atoms with E-state index in [1.165, 1.54) is 13.2 Å². The SMILES string of the molecule is COC(=O)c1ccc(NC(=O)CSc2nc(=O)cc(N)n2-c2ccc(Cl)cc2)cc1. The van der Waals surface area contributed by atoms with Gasteiger partial charge >= 0.3 is 5.97 Å². The second kappa shape index (κ2) is 9.47. The smallest absolute Gasteiger partial charge is 0.337 e. The number of halogens is 1. The molecule has 0 spiro atoms. The molecule has 30 heavy (non-hydrogen) atoms. The molecule has 0 saturated carbocycles. The van der Waals surface area contributed by atoms with Gasteiger partial charge in [0.1, 0.15) is 5.82 Å². The molecule has 10 heteroatoms. The minimum Gasteiger partial charge on any atom is -0.465 e. The summed E-state index contributed by atoms with van der Waals surface area (Å²) in [7, 11) is 1.29. The molecule has 1 amide bonds. The fraction of sp³-hybridized carbons (Fsp3) is 0.100. The molecule has 0 radical (unpaired) electrons. The Balaban J connectivity index is 1.73. The molecule has 0 aliphatic rings. The van der Waals surface area contributed by atoms with Crippen molar-refractivity contribution < 1.29 is 14.3 Å². The molecule has 8 nitrogen and oxygen atoms in total. The van der Waals surface area contributed by atoms with Crippen LogP contribution >= 0.6 is 23.4 Å². The number of anilines is 2. The summed E-state index contributed by atoms with van der Waals surface area (Å²) in [6, 6.07) is 14.3. The maximum absolute atomic E-state index is 12.3. The molecule has 3 rings (SSSR count). The Morgan fingerprint density at radius 2 is 1.83 bits per heavy atom. The third-order valence-corrected chi connectivity index (χ3v) is 5.12. The lowest BCUT2D eigenvalue weighted by atomic mass is 10.2. The number of thioether (sulfide) groups is 1. The average Bonchev–Trinajstić information content (AvgIpc) is 2.73. The highest BCUT2D eigenvalue weighted by molar-refractivity contribution is 7.99. The first-order valence-corrected chi connectivity index (χ1v) is 10.0. The number of ether oxygens (including phenoxy) is 1. The van der Waals surface area contributed by atoms with Crippen LogP contribution in [0.25, 0.3) is 5.69 Å². The van der Waals surface area contributed by atoms with E-state index in [4.69, 9.17) is 17.3 Å². The predicted octanol–water partition coefficient (Wildman–Crippen LogP) is 2.99. The van der Waals surface area contributed by atoms with E-state index in [2.05, 4.69) is 15.0 Å². The predicted molar refractivity (Wildman–Crippen MR) is 116 cm³/mol. The maximum atomic E-state index is 12.3. The Kier molecular flexibility index (Phi) is 6.76. The van der Waals surface area contributed by atoms with E-state index in [9.17, 15) is 14.4 Å². The molecular formula is C20H17ClN4O4S. The van der Waals surface area contributed by atoms with Crippen molar-refractivity contribution in [3.8, 4) is 5.69 Å². The second-order valence-corrected chi connectivity index (χ2v) is 7.40. The highest BCUT2D eigenvalue weighted by Gasteiger charge is 2.13. The quantitative estimate of drug-likeness (QED) is 0.341. The summed E-state index contributed by atoms with van der Waals surface area (Å²) in [6.07, 6.45) is 0. The van der Waals surface area contributed by atoms with Gasteiger partial charge in [0.05, 0.1) is 18.4 Å². The van der Waals surface area contributed by atoms with Gasteiger partial charge in [-0.15, -0.1) is 0 Å². The van der Waals surface area contributed by atoms with Crippen molar-refractivity contribution in [3.63, 3.8) is 0 Å². The van der Waals surface area contributed by atoms with Crippen LogP contribution in [-0.4, -0.2) is 34.3 Å². The fourth-order valence-electron chi connectivity index (χ4n) is 2.56. The Labute approximate surface area is 181 Å². The Bertz CT molecular complexity index is 1130. The first-order chi connectivity index (χ1) is 14.4. The van der Waals surface area contributed by atoms with Crippen LogP contribution in [-0.2, 0) is 9.53 Å². The summed E-state index contributed by atoms with van der Waals surface area (Å²) in [5.41, 5.74) is 7.06. The fourth-order valence-corrected chi connectivity index (χ4v) is 3.51. The summed E-state index contributed by atoms with van der Waals surface area (Å²) in [4.78, 5) is 39.6. The number of rotatable bonds is 6. The van der Waals surface area contributed by atoms with Crippen LogP contribution < -0.4 is 16.6 Å². The van der Waals surface area contributed by atoms with E-state index in [-0.39, 0.29) is 22.6 Å². The van der Waals surface area contributed by atoms with Gasteiger partial charge in [0.2, 0.25) is 5.91 Å². The molecule has 2 aromatic carbocycles. The van der Waals surface area contributed by atoms with Gasteiger partial charge in [0.25, 0.3) is 5.56 Å². The molecule has 1 heterocycles. The normalized spacial score (nSPS) is 10.5. The minimum absolute atomic E-state index is 0.0117. The zero-order valence-corrected chi connectivity index (χ0v) is 17.4. The molecule has 1 aromatic heterocycles. The number of nitrogens with one attached hydrogen (secondary N) is 1. The van der Waals surface area contributed by atoms with Crippen molar-refractivity contribution in [1.82, 2.24) is 9.55 Å². The number of nitrogens with zero attached hydrogens (tertiary/aromatic N) is 2. The van der Waals surface area contributed by atoms with E-state index >= 15 is 0 Å². The van der Waals surface area contributed by atoms with Crippen molar-refractivity contribution in [1.29, 1.82) is 0 Å². The highest BCUT2D eigenvalue weighted by atomic mass is 35.5. The Morgan fingerprint density at radius 3 is 2.47 bits per heavy atom. The van der Waals surface area contributed by atoms with Gasteiger partial charge in [-0.2, -0.15) is 4.98 Å². The number of benzene rings is 2. The van der Waals surface area contributed by atoms with Gasteiger partial charge in [-0.1, -0.05) is 23.4 Å². The Morgan fingerprint density at radius 1 is 1.17 bits per heavy atom. The van der Waals surface area contributed by atoms with Crippen molar-refractivity contribution in [2.24, 2.45) is 0 Å². The summed E-state index contributed by atoms with van der Waals surface area (Å²) in [5, 5.41) is 3.55. The standard InChI is InChI=1S/C20H17ClN4O4S/c1-29-19(28)12-2-6-14(7-3-12)23-18(27)11-30-20-24-17(26)10-16(22)25(20)15-8-4-13(21)5-9-15/h2-10H,11,22H2,1H3,(H,23,27). The molecule has 0 fully saturated rings. The van der Waals surface area contributed by atoms with Crippen LogP contribution in [0.15, 0.2) is 64.5 Å². The third-order valence-electron chi connectivity index (χ3n) is 3.93. The summed E-state index contributed by atoms with van der Waals surface area (Å²) < 4.78 is 6.21. The number of aromatic nitrogens is 2. The summed E-state index contributed by atoms with van der Waals surface area (Å²) in [6.45, 7) is 0. The lowest BCUT2D eigenvalue weighted by Gasteiger charge is -2.14. The minimum atomic E-state index is -0.501. The molecule has 0 saturated heterocycles. The first-order valence-electron chi connectivity index (χ1n) is 8.64. The van der Waals surface area contributed by atoms with Gasteiger partial charge in [0, 0.05) is 22.5 Å². The highest BCUT2D eigenvalue weighted by Crippen LogP contribution is 2.24. The van der Waals surface area contributed by atoms with Crippen molar-refractivity contribution >= 4 is 46.7 Å². The van der Waals surface area contributed by atoms with Crippen LogP contribution in [0.5, 0.6) is 0 Å². The van der Waals surface area contributed by atoms with E-state index in [0.717, 1.165) is 11.8 Å². The van der Waals surface area contributed by atoms with Gasteiger partial charge in [-0.05, 0) is 48.5 Å².